The average Bonchev–Trinajstić information content (AvgIpc) is 2.67. The van der Waals surface area contributed by atoms with Gasteiger partial charge >= 0.3 is 5.97 Å². The van der Waals surface area contributed by atoms with Crippen LogP contribution in [0.2, 0.25) is 0 Å². The topological polar surface area (TPSA) is 65.1 Å². The van der Waals surface area contributed by atoms with E-state index in [-0.39, 0.29) is 19.0 Å². The zero-order valence-electron chi connectivity index (χ0n) is 15.4. The highest BCUT2D eigenvalue weighted by Gasteiger charge is 2.23. The second-order valence-electron chi connectivity index (χ2n) is 5.73. The van der Waals surface area contributed by atoms with Crippen molar-refractivity contribution in [3.05, 3.63) is 59.2 Å². The first-order valence-corrected chi connectivity index (χ1v) is 8.12. The minimum Gasteiger partial charge on any atom is -0.497 e. The molecule has 6 heteroatoms. The number of rotatable bonds is 7. The number of methoxy groups -OCH3 is 3. The zero-order valence-corrected chi connectivity index (χ0v) is 15.4. The van der Waals surface area contributed by atoms with Gasteiger partial charge in [-0.3, -0.25) is 9.59 Å². The van der Waals surface area contributed by atoms with Gasteiger partial charge in [-0.05, 0) is 36.2 Å². The Morgan fingerprint density at radius 3 is 2.35 bits per heavy atom. The van der Waals surface area contributed by atoms with Crippen LogP contribution >= 0.6 is 0 Å². The second kappa shape index (κ2) is 8.89. The Labute approximate surface area is 153 Å². The molecule has 2 rings (SSSR count). The van der Waals surface area contributed by atoms with Gasteiger partial charge in [0, 0.05) is 6.54 Å². The van der Waals surface area contributed by atoms with Crippen LogP contribution in [0.5, 0.6) is 11.5 Å². The van der Waals surface area contributed by atoms with E-state index >= 15 is 0 Å². The fraction of sp³-hybridized carbons (Fsp3) is 0.300. The second-order valence-corrected chi connectivity index (χ2v) is 5.73. The first-order chi connectivity index (χ1) is 12.5. The van der Waals surface area contributed by atoms with E-state index in [1.165, 1.54) is 26.2 Å². The van der Waals surface area contributed by atoms with E-state index in [1.807, 2.05) is 31.2 Å². The van der Waals surface area contributed by atoms with Crippen LogP contribution in [0.3, 0.4) is 0 Å². The van der Waals surface area contributed by atoms with E-state index in [2.05, 4.69) is 0 Å². The number of amides is 1. The van der Waals surface area contributed by atoms with Crippen molar-refractivity contribution in [2.45, 2.75) is 13.5 Å². The molecule has 2 aromatic rings. The summed E-state index contributed by atoms with van der Waals surface area (Å²) in [7, 11) is 4.31. The smallest absolute Gasteiger partial charge is 0.325 e. The Kier molecular flexibility index (Phi) is 6.60. The molecule has 1 amide bonds. The lowest BCUT2D eigenvalue weighted by atomic mass is 10.1. The van der Waals surface area contributed by atoms with Crippen LogP contribution in [0.1, 0.15) is 21.5 Å². The molecule has 0 fully saturated rings. The molecule has 6 nitrogen and oxygen atoms in total. The summed E-state index contributed by atoms with van der Waals surface area (Å²) >= 11 is 0. The molecule has 0 saturated carbocycles. The summed E-state index contributed by atoms with van der Waals surface area (Å²) in [5.74, 6) is 0.113. The van der Waals surface area contributed by atoms with Crippen molar-refractivity contribution < 1.29 is 23.8 Å². The van der Waals surface area contributed by atoms with Crippen LogP contribution in [-0.4, -0.2) is 44.7 Å². The third-order valence-electron chi connectivity index (χ3n) is 4.09. The summed E-state index contributed by atoms with van der Waals surface area (Å²) in [6.07, 6.45) is 0. The van der Waals surface area contributed by atoms with Gasteiger partial charge in [-0.1, -0.05) is 24.3 Å². The first kappa shape index (κ1) is 19.3. The summed E-state index contributed by atoms with van der Waals surface area (Å²) in [5.41, 5.74) is 2.31. The van der Waals surface area contributed by atoms with Gasteiger partial charge in [0.15, 0.2) is 0 Å². The van der Waals surface area contributed by atoms with Crippen molar-refractivity contribution in [1.29, 1.82) is 0 Å². The molecular weight excluding hydrogens is 334 g/mol. The van der Waals surface area contributed by atoms with Crippen molar-refractivity contribution >= 4 is 11.9 Å². The van der Waals surface area contributed by atoms with Gasteiger partial charge in [0.2, 0.25) is 0 Å². The van der Waals surface area contributed by atoms with Crippen LogP contribution < -0.4 is 9.47 Å². The molecule has 0 aliphatic carbocycles. The van der Waals surface area contributed by atoms with Crippen molar-refractivity contribution in [3.63, 3.8) is 0 Å². The lowest BCUT2D eigenvalue weighted by molar-refractivity contribution is -0.141. The monoisotopic (exact) mass is 357 g/mol. The van der Waals surface area contributed by atoms with Gasteiger partial charge in [0.1, 0.15) is 18.0 Å². The number of nitrogens with zero attached hydrogens (tertiary/aromatic N) is 1. The van der Waals surface area contributed by atoms with Gasteiger partial charge < -0.3 is 19.1 Å². The Morgan fingerprint density at radius 2 is 1.73 bits per heavy atom. The van der Waals surface area contributed by atoms with E-state index < -0.39 is 5.97 Å². The molecule has 138 valence electrons. The molecule has 0 bridgehead atoms. The van der Waals surface area contributed by atoms with Crippen molar-refractivity contribution in [2.24, 2.45) is 0 Å². The Hall–Kier alpha value is -3.02. The summed E-state index contributed by atoms with van der Waals surface area (Å²) in [4.78, 5) is 26.4. The highest BCUT2D eigenvalue weighted by Crippen LogP contribution is 2.26. The molecule has 0 atom stereocenters. The highest BCUT2D eigenvalue weighted by atomic mass is 16.5. The van der Waals surface area contributed by atoms with E-state index in [0.717, 1.165) is 11.1 Å². The van der Waals surface area contributed by atoms with Gasteiger partial charge in [-0.2, -0.15) is 0 Å². The summed E-state index contributed by atoms with van der Waals surface area (Å²) in [5, 5.41) is 0. The summed E-state index contributed by atoms with van der Waals surface area (Å²) in [6, 6.07) is 12.7. The molecule has 0 aromatic heterocycles. The lowest BCUT2D eigenvalue weighted by Gasteiger charge is -2.23. The number of benzene rings is 2. The SMILES string of the molecule is COC(=O)CN(Cc1ccccc1C)C(=O)c1cc(OC)ccc1OC. The molecular formula is C20H23NO5. The number of aryl methyl sites for hydroxylation is 1. The number of ether oxygens (including phenoxy) is 3. The minimum absolute atomic E-state index is 0.163. The molecule has 0 spiro atoms. The minimum atomic E-state index is -0.492. The summed E-state index contributed by atoms with van der Waals surface area (Å²) in [6.45, 7) is 2.08. The third kappa shape index (κ3) is 4.53. The Balaban J connectivity index is 2.39. The predicted octanol–water partition coefficient (Wildman–Crippen LogP) is 2.83. The number of hydrogen-bond donors (Lipinski definition) is 0. The van der Waals surface area contributed by atoms with Crippen LogP contribution in [0, 0.1) is 6.92 Å². The van der Waals surface area contributed by atoms with E-state index in [1.54, 1.807) is 18.2 Å². The maximum absolute atomic E-state index is 13.1. The predicted molar refractivity (Wildman–Crippen MR) is 97.5 cm³/mol. The van der Waals surface area contributed by atoms with Gasteiger partial charge in [-0.15, -0.1) is 0 Å². The molecule has 0 heterocycles. The quantitative estimate of drug-likeness (QED) is 0.713. The lowest BCUT2D eigenvalue weighted by Crippen LogP contribution is -2.36. The first-order valence-electron chi connectivity index (χ1n) is 8.12. The largest absolute Gasteiger partial charge is 0.497 e. The molecule has 26 heavy (non-hydrogen) atoms. The van der Waals surface area contributed by atoms with Crippen LogP contribution in [0.4, 0.5) is 0 Å². The Bertz CT molecular complexity index is 788. The standard InChI is InChI=1S/C20H23NO5/c1-14-7-5-6-8-15(14)12-21(13-19(22)26-4)20(23)17-11-16(24-2)9-10-18(17)25-3/h5-11H,12-13H2,1-4H3. The molecule has 0 saturated heterocycles. The number of esters is 1. The summed E-state index contributed by atoms with van der Waals surface area (Å²) < 4.78 is 15.3. The maximum Gasteiger partial charge on any atom is 0.325 e. The average molecular weight is 357 g/mol. The number of hydrogen-bond acceptors (Lipinski definition) is 5. The van der Waals surface area contributed by atoms with Crippen LogP contribution in [0.15, 0.2) is 42.5 Å². The van der Waals surface area contributed by atoms with Crippen LogP contribution in [-0.2, 0) is 16.1 Å². The van der Waals surface area contributed by atoms with Gasteiger partial charge in [0.05, 0.1) is 26.9 Å². The van der Waals surface area contributed by atoms with Gasteiger partial charge in [-0.25, -0.2) is 0 Å². The molecule has 0 N–H and O–H groups in total. The normalized spacial score (nSPS) is 10.2. The van der Waals surface area contributed by atoms with Crippen LogP contribution in [0.25, 0.3) is 0 Å². The van der Waals surface area contributed by atoms with E-state index in [0.29, 0.717) is 17.1 Å². The molecule has 0 aliphatic rings. The fourth-order valence-electron chi connectivity index (χ4n) is 2.56. The highest BCUT2D eigenvalue weighted by molar-refractivity contribution is 5.98. The number of carbonyl (C=O) groups is 2. The fourth-order valence-corrected chi connectivity index (χ4v) is 2.56. The Morgan fingerprint density at radius 1 is 1.00 bits per heavy atom. The van der Waals surface area contributed by atoms with Crippen molar-refractivity contribution in [3.8, 4) is 11.5 Å². The molecule has 2 aromatic carbocycles. The maximum atomic E-state index is 13.1. The van der Waals surface area contributed by atoms with Gasteiger partial charge in [0.25, 0.3) is 5.91 Å². The molecule has 0 radical (unpaired) electrons. The van der Waals surface area contributed by atoms with E-state index in [4.69, 9.17) is 14.2 Å². The molecule has 0 unspecified atom stereocenters. The van der Waals surface area contributed by atoms with Crippen molar-refractivity contribution in [2.75, 3.05) is 27.9 Å². The molecule has 0 aliphatic heterocycles. The zero-order chi connectivity index (χ0) is 19.1. The number of carbonyl (C=O) groups excluding carboxylic acids is 2. The van der Waals surface area contributed by atoms with Crippen molar-refractivity contribution in [1.82, 2.24) is 4.90 Å². The third-order valence-corrected chi connectivity index (χ3v) is 4.09. The van der Waals surface area contributed by atoms with E-state index in [9.17, 15) is 9.59 Å².